The molecule has 0 spiro atoms. The van der Waals surface area contributed by atoms with E-state index in [0.717, 1.165) is 29.5 Å². The first kappa shape index (κ1) is 16.6. The highest BCUT2D eigenvalue weighted by Crippen LogP contribution is 2.40. The predicted molar refractivity (Wildman–Crippen MR) is 104 cm³/mol. The molecule has 1 aromatic carbocycles. The Morgan fingerprint density at radius 2 is 2.08 bits per heavy atom. The molecule has 8 heteroatoms. The van der Waals surface area contributed by atoms with Crippen LogP contribution in [0.4, 0.5) is 27.4 Å². The molecule has 130 valence electrons. The lowest BCUT2D eigenvalue weighted by molar-refractivity contribution is 0.629. The second-order valence-corrected chi connectivity index (χ2v) is 6.45. The van der Waals surface area contributed by atoms with Crippen LogP contribution in [0.25, 0.3) is 10.8 Å². The van der Waals surface area contributed by atoms with E-state index in [1.165, 1.54) is 17.1 Å². The second-order valence-electron chi connectivity index (χ2n) is 6.45. The van der Waals surface area contributed by atoms with Gasteiger partial charge in [0, 0.05) is 30.6 Å². The lowest BCUT2D eigenvalue weighted by atomic mass is 9.87. The van der Waals surface area contributed by atoms with Crippen LogP contribution in [0.1, 0.15) is 12.0 Å². The van der Waals surface area contributed by atoms with Crippen molar-refractivity contribution in [3.05, 3.63) is 42.0 Å². The maximum absolute atomic E-state index is 14.0. The summed E-state index contributed by atoms with van der Waals surface area (Å²) in [6.45, 7) is 0.716. The molecule has 3 heterocycles. The fourth-order valence-electron chi connectivity index (χ4n) is 3.60. The summed E-state index contributed by atoms with van der Waals surface area (Å²) in [5.74, 6) is 6.44. The summed E-state index contributed by atoms with van der Waals surface area (Å²) in [6.07, 6.45) is 5.18. The van der Waals surface area contributed by atoms with Crippen LogP contribution in [0.15, 0.2) is 30.6 Å². The molecule has 4 rings (SSSR count). The maximum atomic E-state index is 14.0. The van der Waals surface area contributed by atoms with E-state index in [1.54, 1.807) is 25.5 Å². The van der Waals surface area contributed by atoms with Crippen molar-refractivity contribution in [3.8, 4) is 0 Å². The number of pyridine rings is 2. The number of hydrogen-bond acceptors (Lipinski definition) is 6. The largest absolute Gasteiger partial charge is 0.382 e. The molecule has 0 saturated carbocycles. The number of hydrogen-bond donors (Lipinski definition) is 2. The first-order valence-electron chi connectivity index (χ1n) is 8.34. The molecule has 0 unspecified atom stereocenters. The first-order chi connectivity index (χ1) is 12.5. The van der Waals surface area contributed by atoms with Gasteiger partial charge in [0.05, 0.1) is 11.9 Å². The first-order valence-corrected chi connectivity index (χ1v) is 8.34. The minimum atomic E-state index is -0.348. The zero-order valence-corrected chi connectivity index (χ0v) is 14.4. The Kier molecular flexibility index (Phi) is 3.92. The number of nitrogens with zero attached hydrogens (tertiary/aromatic N) is 4. The molecule has 1 aliphatic heterocycles. The van der Waals surface area contributed by atoms with E-state index in [4.69, 9.17) is 19.4 Å². The van der Waals surface area contributed by atoms with Crippen molar-refractivity contribution in [1.82, 2.24) is 9.97 Å². The van der Waals surface area contributed by atoms with Crippen LogP contribution in [0.5, 0.6) is 0 Å². The number of benzene rings is 1. The van der Waals surface area contributed by atoms with Gasteiger partial charge in [0.2, 0.25) is 0 Å². The Labute approximate surface area is 152 Å². The average Bonchev–Trinajstić information content (AvgIpc) is 2.61. The molecule has 1 aliphatic rings. The number of nitrogen functional groups attached to an aromatic ring is 1. The highest BCUT2D eigenvalue weighted by molar-refractivity contribution is 6.33. The van der Waals surface area contributed by atoms with E-state index in [-0.39, 0.29) is 11.6 Å². The van der Waals surface area contributed by atoms with Crippen molar-refractivity contribution in [1.29, 1.82) is 0 Å². The van der Waals surface area contributed by atoms with Crippen LogP contribution < -0.4 is 26.9 Å². The monoisotopic (exact) mass is 348 g/mol. The predicted octanol–water partition coefficient (Wildman–Crippen LogP) is 1.54. The fourth-order valence-corrected chi connectivity index (χ4v) is 3.60. The summed E-state index contributed by atoms with van der Waals surface area (Å²) < 4.78 is 14.0. The van der Waals surface area contributed by atoms with Gasteiger partial charge in [-0.2, -0.15) is 0 Å². The molecule has 2 aromatic heterocycles. The zero-order valence-electron chi connectivity index (χ0n) is 14.4. The number of rotatable bonds is 2. The standard InChI is InChI=1S/C18H18BFN6/c1-25(22)16-11-5-4-10(20)7-13(11)18(24-17(16)21)26-6-2-3-12-14(19)8-23-9-15(12)26/h4-5,7-9H,2-3,6,22H2,1H3,(H2,21,24). The van der Waals surface area contributed by atoms with Crippen molar-refractivity contribution < 1.29 is 4.39 Å². The molecule has 0 bridgehead atoms. The van der Waals surface area contributed by atoms with Crippen molar-refractivity contribution in [2.45, 2.75) is 12.8 Å². The van der Waals surface area contributed by atoms with Crippen LogP contribution in [-0.4, -0.2) is 31.4 Å². The van der Waals surface area contributed by atoms with Gasteiger partial charge in [0.25, 0.3) is 0 Å². The molecule has 26 heavy (non-hydrogen) atoms. The third-order valence-electron chi connectivity index (χ3n) is 4.72. The van der Waals surface area contributed by atoms with E-state index >= 15 is 0 Å². The normalized spacial score (nSPS) is 13.7. The Bertz CT molecular complexity index is 1010. The SMILES string of the molecule is [B]c1cncc2c1CCCN2c1nc(N)c(N(C)N)c2ccc(F)cc12. The van der Waals surface area contributed by atoms with E-state index in [0.29, 0.717) is 28.9 Å². The average molecular weight is 348 g/mol. The minimum absolute atomic E-state index is 0.285. The van der Waals surface area contributed by atoms with Gasteiger partial charge >= 0.3 is 0 Å². The molecule has 6 nitrogen and oxygen atoms in total. The second kappa shape index (κ2) is 6.14. The van der Waals surface area contributed by atoms with Gasteiger partial charge in [0.1, 0.15) is 25.2 Å². The summed E-state index contributed by atoms with van der Waals surface area (Å²) >= 11 is 0. The van der Waals surface area contributed by atoms with Gasteiger partial charge in [-0.1, -0.05) is 5.46 Å². The van der Waals surface area contributed by atoms with E-state index in [9.17, 15) is 4.39 Å². The number of aromatic nitrogens is 2. The molecule has 0 saturated heterocycles. The number of fused-ring (bicyclic) bond motifs is 2. The molecule has 0 atom stereocenters. The van der Waals surface area contributed by atoms with E-state index < -0.39 is 0 Å². The summed E-state index contributed by atoms with van der Waals surface area (Å²) in [5.41, 5.74) is 9.30. The molecule has 3 aromatic rings. The third-order valence-corrected chi connectivity index (χ3v) is 4.72. The summed E-state index contributed by atoms with van der Waals surface area (Å²) in [6, 6.07) is 4.52. The van der Waals surface area contributed by atoms with Gasteiger partial charge in [0.15, 0.2) is 5.82 Å². The lowest BCUT2D eigenvalue weighted by Crippen LogP contribution is -2.31. The van der Waals surface area contributed by atoms with Crippen molar-refractivity contribution in [2.24, 2.45) is 5.84 Å². The van der Waals surface area contributed by atoms with E-state index in [2.05, 4.69) is 9.97 Å². The summed E-state index contributed by atoms with van der Waals surface area (Å²) in [5, 5.41) is 2.78. The van der Waals surface area contributed by atoms with Gasteiger partial charge in [-0.25, -0.2) is 15.2 Å². The van der Waals surface area contributed by atoms with Crippen LogP contribution in [-0.2, 0) is 6.42 Å². The molecule has 0 amide bonds. The topological polar surface area (TPSA) is 84.3 Å². The fraction of sp³-hybridized carbons (Fsp3) is 0.222. The Morgan fingerprint density at radius 1 is 1.27 bits per heavy atom. The molecular weight excluding hydrogens is 330 g/mol. The number of anilines is 4. The highest BCUT2D eigenvalue weighted by atomic mass is 19.1. The maximum Gasteiger partial charge on any atom is 0.151 e. The molecular formula is C18H18BFN6. The zero-order chi connectivity index (χ0) is 18.4. The quantitative estimate of drug-likeness (QED) is 0.415. The number of halogens is 1. The Morgan fingerprint density at radius 3 is 2.85 bits per heavy atom. The molecule has 4 N–H and O–H groups in total. The molecule has 0 aliphatic carbocycles. The van der Waals surface area contributed by atoms with Crippen molar-refractivity contribution >= 4 is 47.1 Å². The minimum Gasteiger partial charge on any atom is -0.382 e. The third kappa shape index (κ3) is 2.54. The van der Waals surface area contributed by atoms with Crippen LogP contribution in [0.3, 0.4) is 0 Å². The smallest absolute Gasteiger partial charge is 0.151 e. The van der Waals surface area contributed by atoms with Crippen molar-refractivity contribution in [3.63, 3.8) is 0 Å². The Hall–Kier alpha value is -2.87. The van der Waals surface area contributed by atoms with Gasteiger partial charge in [-0.15, -0.1) is 0 Å². The van der Waals surface area contributed by atoms with E-state index in [1.807, 2.05) is 4.90 Å². The van der Waals surface area contributed by atoms with Crippen molar-refractivity contribution in [2.75, 3.05) is 29.2 Å². The highest BCUT2D eigenvalue weighted by Gasteiger charge is 2.24. The van der Waals surface area contributed by atoms with Gasteiger partial charge in [-0.05, 0) is 36.6 Å². The molecule has 0 fully saturated rings. The van der Waals surface area contributed by atoms with Gasteiger partial charge in [-0.3, -0.25) is 4.98 Å². The summed E-state index contributed by atoms with van der Waals surface area (Å²) in [7, 11) is 7.77. The van der Waals surface area contributed by atoms with Crippen LogP contribution in [0, 0.1) is 5.82 Å². The lowest BCUT2D eigenvalue weighted by Gasteiger charge is -2.32. The molecule has 2 radical (unpaired) electrons. The number of nitrogens with two attached hydrogens (primary N) is 2. The number of hydrazine groups is 1. The van der Waals surface area contributed by atoms with Gasteiger partial charge < -0.3 is 15.6 Å². The summed E-state index contributed by atoms with van der Waals surface area (Å²) in [4.78, 5) is 10.8. The Balaban J connectivity index is 2.01. The van der Waals surface area contributed by atoms with Crippen LogP contribution >= 0.6 is 0 Å². The van der Waals surface area contributed by atoms with Crippen LogP contribution in [0.2, 0.25) is 0 Å².